The summed E-state index contributed by atoms with van der Waals surface area (Å²) in [5.41, 5.74) is -0.285. The summed E-state index contributed by atoms with van der Waals surface area (Å²) in [5.74, 6) is -2.02. The van der Waals surface area contributed by atoms with E-state index in [2.05, 4.69) is 15.4 Å². The monoisotopic (exact) mass is 395 g/mol. The van der Waals surface area contributed by atoms with Gasteiger partial charge in [-0.05, 0) is 24.3 Å². The maximum Gasteiger partial charge on any atom is 0.387 e. The highest BCUT2D eigenvalue weighted by Gasteiger charge is 2.19. The highest BCUT2D eigenvalue weighted by Crippen LogP contribution is 2.26. The van der Waals surface area contributed by atoms with Gasteiger partial charge in [0, 0.05) is 13.1 Å². The summed E-state index contributed by atoms with van der Waals surface area (Å²) in [5, 5.41) is 15.9. The number of esters is 1. The highest BCUT2D eigenvalue weighted by atomic mass is 19.3. The number of carbonyl (C=O) groups is 2. The topological polar surface area (TPSA) is 120 Å². The van der Waals surface area contributed by atoms with E-state index in [0.29, 0.717) is 0 Å². The molecule has 0 saturated carbocycles. The lowest BCUT2D eigenvalue weighted by atomic mass is 10.1. The number of para-hydroxylation sites is 2. The van der Waals surface area contributed by atoms with Gasteiger partial charge in [-0.15, -0.1) is 0 Å². The Hall–Kier alpha value is -3.76. The number of nitro groups is 1. The first-order valence-corrected chi connectivity index (χ1v) is 7.79. The van der Waals surface area contributed by atoms with Gasteiger partial charge >= 0.3 is 12.6 Å². The first kappa shape index (κ1) is 20.6. The second-order valence-corrected chi connectivity index (χ2v) is 5.24. The Morgan fingerprint density at radius 1 is 1.18 bits per heavy atom. The summed E-state index contributed by atoms with van der Waals surface area (Å²) in [6.45, 7) is -3.81. The number of hydrogen-bond donors (Lipinski definition) is 2. The molecule has 0 aliphatic rings. The van der Waals surface area contributed by atoms with E-state index in [9.17, 15) is 28.5 Å². The molecule has 0 fully saturated rings. The third-order valence-electron chi connectivity index (χ3n) is 3.41. The highest BCUT2D eigenvalue weighted by molar-refractivity contribution is 5.96. The van der Waals surface area contributed by atoms with Gasteiger partial charge in [0.25, 0.3) is 11.6 Å². The van der Waals surface area contributed by atoms with Crippen LogP contribution >= 0.6 is 0 Å². The molecule has 1 amide bonds. The van der Waals surface area contributed by atoms with Gasteiger partial charge in [-0.25, -0.2) is 4.79 Å². The summed E-state index contributed by atoms with van der Waals surface area (Å²) < 4.78 is 33.8. The first-order valence-electron chi connectivity index (χ1n) is 7.79. The normalized spacial score (nSPS) is 10.3. The molecule has 11 heteroatoms. The van der Waals surface area contributed by atoms with Crippen molar-refractivity contribution >= 4 is 28.9 Å². The van der Waals surface area contributed by atoms with Gasteiger partial charge in [0.05, 0.1) is 16.2 Å². The lowest BCUT2D eigenvalue weighted by Gasteiger charge is -2.12. The van der Waals surface area contributed by atoms with E-state index in [4.69, 9.17) is 4.74 Å². The third-order valence-corrected chi connectivity index (χ3v) is 3.41. The fourth-order valence-electron chi connectivity index (χ4n) is 2.19. The molecular formula is C17H15F2N3O6. The molecule has 0 atom stereocenters. The van der Waals surface area contributed by atoms with Crippen LogP contribution in [0.15, 0.2) is 42.5 Å². The fourth-order valence-corrected chi connectivity index (χ4v) is 2.19. The van der Waals surface area contributed by atoms with Crippen LogP contribution in [0, 0.1) is 10.1 Å². The van der Waals surface area contributed by atoms with Crippen molar-refractivity contribution in [3.05, 3.63) is 58.1 Å². The molecule has 0 aliphatic heterocycles. The number of nitrogens with one attached hydrogen (secondary N) is 2. The van der Waals surface area contributed by atoms with E-state index in [1.165, 1.54) is 43.4 Å². The molecule has 0 spiro atoms. The summed E-state index contributed by atoms with van der Waals surface area (Å²) in [6, 6.07) is 9.13. The minimum Gasteiger partial charge on any atom is -0.452 e. The third kappa shape index (κ3) is 5.37. The molecule has 148 valence electrons. The van der Waals surface area contributed by atoms with Gasteiger partial charge in [0.1, 0.15) is 11.4 Å². The Bertz CT molecular complexity index is 891. The SMILES string of the molecule is CNc1ccc(C(=O)OCC(=O)Nc2ccccc2OC(F)F)cc1[N+](=O)[O-]. The standard InChI is InChI=1S/C17H15F2N3O6/c1-20-11-7-6-10(8-13(11)22(25)26)16(24)27-9-15(23)21-12-4-2-3-5-14(12)28-17(18)19/h2-8,17,20H,9H2,1H3,(H,21,23). The zero-order valence-electron chi connectivity index (χ0n) is 14.5. The minimum atomic E-state index is -3.08. The number of alkyl halides is 2. The fraction of sp³-hybridized carbons (Fsp3) is 0.176. The number of anilines is 2. The molecule has 2 aromatic carbocycles. The number of halogens is 2. The zero-order chi connectivity index (χ0) is 20.7. The van der Waals surface area contributed by atoms with Crippen molar-refractivity contribution in [3.63, 3.8) is 0 Å². The average molecular weight is 395 g/mol. The van der Waals surface area contributed by atoms with Crippen molar-refractivity contribution < 1.29 is 32.8 Å². The molecule has 0 unspecified atom stereocenters. The second-order valence-electron chi connectivity index (χ2n) is 5.24. The lowest BCUT2D eigenvalue weighted by Crippen LogP contribution is -2.21. The van der Waals surface area contributed by atoms with Crippen LogP contribution in [-0.2, 0) is 9.53 Å². The maximum atomic E-state index is 12.4. The molecule has 28 heavy (non-hydrogen) atoms. The first-order chi connectivity index (χ1) is 13.3. The van der Waals surface area contributed by atoms with Crippen molar-refractivity contribution in [2.45, 2.75) is 6.61 Å². The molecule has 0 aliphatic carbocycles. The van der Waals surface area contributed by atoms with E-state index in [0.717, 1.165) is 6.07 Å². The molecule has 0 aromatic heterocycles. The number of benzene rings is 2. The average Bonchev–Trinajstić information content (AvgIpc) is 2.66. The van der Waals surface area contributed by atoms with Crippen LogP contribution in [0.4, 0.5) is 25.8 Å². The molecule has 2 rings (SSSR count). The number of rotatable bonds is 8. The zero-order valence-corrected chi connectivity index (χ0v) is 14.5. The number of hydrogen-bond acceptors (Lipinski definition) is 7. The van der Waals surface area contributed by atoms with Crippen molar-refractivity contribution in [2.75, 3.05) is 24.3 Å². The van der Waals surface area contributed by atoms with Crippen LogP contribution in [0.25, 0.3) is 0 Å². The van der Waals surface area contributed by atoms with Crippen molar-refractivity contribution in [1.29, 1.82) is 0 Å². The van der Waals surface area contributed by atoms with Crippen molar-refractivity contribution in [3.8, 4) is 5.75 Å². The Kier molecular flexibility index (Phi) is 6.79. The Morgan fingerprint density at radius 3 is 2.54 bits per heavy atom. The van der Waals surface area contributed by atoms with Gasteiger partial charge in [0.15, 0.2) is 6.61 Å². The molecule has 0 saturated heterocycles. The smallest absolute Gasteiger partial charge is 0.387 e. The van der Waals surface area contributed by atoms with E-state index in [-0.39, 0.29) is 28.4 Å². The molecule has 0 radical (unpaired) electrons. The predicted octanol–water partition coefficient (Wildman–Crippen LogP) is 3.03. The molecule has 9 nitrogen and oxygen atoms in total. The molecule has 2 aromatic rings. The lowest BCUT2D eigenvalue weighted by molar-refractivity contribution is -0.384. The molecular weight excluding hydrogens is 380 g/mol. The van der Waals surface area contributed by atoms with Crippen LogP contribution in [0.2, 0.25) is 0 Å². The predicted molar refractivity (Wildman–Crippen MR) is 94.6 cm³/mol. The van der Waals surface area contributed by atoms with E-state index >= 15 is 0 Å². The van der Waals surface area contributed by atoms with E-state index < -0.39 is 30.0 Å². The molecule has 2 N–H and O–H groups in total. The number of nitrogens with zero attached hydrogens (tertiary/aromatic N) is 1. The minimum absolute atomic E-state index is 0.0298. The van der Waals surface area contributed by atoms with E-state index in [1.54, 1.807) is 0 Å². The Balaban J connectivity index is 2.01. The van der Waals surface area contributed by atoms with Gasteiger partial charge in [-0.2, -0.15) is 8.78 Å². The maximum absolute atomic E-state index is 12.4. The largest absolute Gasteiger partial charge is 0.452 e. The number of nitro benzene ring substituents is 1. The van der Waals surface area contributed by atoms with Crippen LogP contribution < -0.4 is 15.4 Å². The number of amides is 1. The summed E-state index contributed by atoms with van der Waals surface area (Å²) in [6.07, 6.45) is 0. The van der Waals surface area contributed by atoms with Crippen LogP contribution in [-0.4, -0.2) is 37.1 Å². The van der Waals surface area contributed by atoms with E-state index in [1.807, 2.05) is 0 Å². The van der Waals surface area contributed by atoms with Crippen LogP contribution in [0.3, 0.4) is 0 Å². The molecule has 0 heterocycles. The molecule has 0 bridgehead atoms. The Morgan fingerprint density at radius 2 is 1.89 bits per heavy atom. The van der Waals surface area contributed by atoms with Gasteiger partial charge in [-0.1, -0.05) is 12.1 Å². The second kappa shape index (κ2) is 9.26. The van der Waals surface area contributed by atoms with Gasteiger partial charge in [-0.3, -0.25) is 14.9 Å². The van der Waals surface area contributed by atoms with Gasteiger partial charge in [0.2, 0.25) is 0 Å². The number of carbonyl (C=O) groups excluding carboxylic acids is 2. The summed E-state index contributed by atoms with van der Waals surface area (Å²) >= 11 is 0. The summed E-state index contributed by atoms with van der Waals surface area (Å²) in [4.78, 5) is 34.3. The Labute approximate surface area is 157 Å². The quantitative estimate of drug-likeness (QED) is 0.400. The van der Waals surface area contributed by atoms with Crippen LogP contribution in [0.5, 0.6) is 5.75 Å². The summed E-state index contributed by atoms with van der Waals surface area (Å²) in [7, 11) is 1.49. The van der Waals surface area contributed by atoms with Crippen LogP contribution in [0.1, 0.15) is 10.4 Å². The van der Waals surface area contributed by atoms with Gasteiger partial charge < -0.3 is 20.1 Å². The van der Waals surface area contributed by atoms with Crippen molar-refractivity contribution in [1.82, 2.24) is 0 Å². The number of ether oxygens (including phenoxy) is 2. The van der Waals surface area contributed by atoms with Crippen molar-refractivity contribution in [2.24, 2.45) is 0 Å².